The number of hydrogen-bond acceptors (Lipinski definition) is 2. The van der Waals surface area contributed by atoms with Gasteiger partial charge in [0.25, 0.3) is 0 Å². The standard InChI is InChI=1S/C12H19NO3/c1-8-6-13(7-10(8)12(15)16)11(14)5-9-3-2-4-9/h8-10H,2-7H2,1H3,(H,15,16). The van der Waals surface area contributed by atoms with Gasteiger partial charge in [0, 0.05) is 19.5 Å². The molecule has 1 amide bonds. The number of rotatable bonds is 3. The zero-order valence-electron chi connectivity index (χ0n) is 9.69. The first-order valence-corrected chi connectivity index (χ1v) is 6.08. The molecule has 4 heteroatoms. The first-order chi connectivity index (χ1) is 7.58. The number of aliphatic carboxylic acids is 1. The molecule has 1 heterocycles. The number of carbonyl (C=O) groups is 2. The van der Waals surface area contributed by atoms with Gasteiger partial charge < -0.3 is 10.0 Å². The Morgan fingerprint density at radius 2 is 2.00 bits per heavy atom. The first-order valence-electron chi connectivity index (χ1n) is 6.08. The predicted octanol–water partition coefficient (Wildman–Crippen LogP) is 1.36. The molecule has 1 N–H and O–H groups in total. The maximum atomic E-state index is 11.9. The zero-order valence-corrected chi connectivity index (χ0v) is 9.69. The third-order valence-corrected chi connectivity index (χ3v) is 3.97. The summed E-state index contributed by atoms with van der Waals surface area (Å²) in [5.74, 6) is -0.341. The fourth-order valence-electron chi connectivity index (χ4n) is 2.56. The summed E-state index contributed by atoms with van der Waals surface area (Å²) in [6.45, 7) is 2.93. The van der Waals surface area contributed by atoms with Gasteiger partial charge in [0.15, 0.2) is 0 Å². The monoisotopic (exact) mass is 225 g/mol. The fraction of sp³-hybridized carbons (Fsp3) is 0.833. The Bertz CT molecular complexity index is 299. The summed E-state index contributed by atoms with van der Waals surface area (Å²) < 4.78 is 0. The molecule has 1 saturated carbocycles. The number of nitrogens with zero attached hydrogens (tertiary/aromatic N) is 1. The molecule has 0 radical (unpaired) electrons. The lowest BCUT2D eigenvalue weighted by atomic mass is 9.83. The SMILES string of the molecule is CC1CN(C(=O)CC2CCC2)CC1C(=O)O. The van der Waals surface area contributed by atoms with E-state index in [2.05, 4.69) is 0 Å². The van der Waals surface area contributed by atoms with E-state index in [1.807, 2.05) is 6.92 Å². The van der Waals surface area contributed by atoms with E-state index in [9.17, 15) is 9.59 Å². The van der Waals surface area contributed by atoms with Gasteiger partial charge in [-0.05, 0) is 24.7 Å². The number of carbonyl (C=O) groups excluding carboxylic acids is 1. The number of carboxylic acids is 1. The van der Waals surface area contributed by atoms with Crippen molar-refractivity contribution in [3.63, 3.8) is 0 Å². The highest BCUT2D eigenvalue weighted by atomic mass is 16.4. The molecule has 2 fully saturated rings. The van der Waals surface area contributed by atoms with E-state index in [1.165, 1.54) is 6.42 Å². The van der Waals surface area contributed by atoms with Gasteiger partial charge in [0.1, 0.15) is 0 Å². The van der Waals surface area contributed by atoms with E-state index in [4.69, 9.17) is 5.11 Å². The van der Waals surface area contributed by atoms with Gasteiger partial charge in [-0.1, -0.05) is 13.3 Å². The van der Waals surface area contributed by atoms with Crippen molar-refractivity contribution in [2.24, 2.45) is 17.8 Å². The van der Waals surface area contributed by atoms with Crippen LogP contribution in [0.1, 0.15) is 32.6 Å². The molecule has 90 valence electrons. The number of likely N-dealkylation sites (tertiary alicyclic amines) is 1. The second kappa shape index (κ2) is 4.44. The van der Waals surface area contributed by atoms with Crippen molar-refractivity contribution in [1.82, 2.24) is 4.90 Å². The van der Waals surface area contributed by atoms with Crippen LogP contribution < -0.4 is 0 Å². The summed E-state index contributed by atoms with van der Waals surface area (Å²) in [7, 11) is 0. The van der Waals surface area contributed by atoms with Gasteiger partial charge in [-0.3, -0.25) is 9.59 Å². The summed E-state index contributed by atoms with van der Waals surface area (Å²) >= 11 is 0. The van der Waals surface area contributed by atoms with Crippen LogP contribution in [0, 0.1) is 17.8 Å². The van der Waals surface area contributed by atoms with Crippen LogP contribution in [0.25, 0.3) is 0 Å². The molecule has 2 rings (SSSR count). The van der Waals surface area contributed by atoms with Crippen LogP contribution in [0.3, 0.4) is 0 Å². The van der Waals surface area contributed by atoms with Crippen LogP contribution in [0.5, 0.6) is 0 Å². The quantitative estimate of drug-likeness (QED) is 0.789. The highest BCUT2D eigenvalue weighted by Gasteiger charge is 2.37. The summed E-state index contributed by atoms with van der Waals surface area (Å²) in [6, 6.07) is 0. The molecule has 2 unspecified atom stereocenters. The van der Waals surface area contributed by atoms with Crippen LogP contribution in [0.15, 0.2) is 0 Å². The van der Waals surface area contributed by atoms with E-state index in [-0.39, 0.29) is 17.7 Å². The maximum Gasteiger partial charge on any atom is 0.308 e. The summed E-state index contributed by atoms with van der Waals surface area (Å²) in [5, 5.41) is 8.98. The van der Waals surface area contributed by atoms with Crippen molar-refractivity contribution < 1.29 is 14.7 Å². The predicted molar refractivity (Wildman–Crippen MR) is 58.8 cm³/mol. The van der Waals surface area contributed by atoms with Crippen LogP contribution in [-0.4, -0.2) is 35.0 Å². The van der Waals surface area contributed by atoms with E-state index in [0.717, 1.165) is 12.8 Å². The Labute approximate surface area is 95.6 Å². The van der Waals surface area contributed by atoms with Crippen molar-refractivity contribution in [3.05, 3.63) is 0 Å². The molecule has 16 heavy (non-hydrogen) atoms. The van der Waals surface area contributed by atoms with Crippen molar-refractivity contribution in [2.75, 3.05) is 13.1 Å². The smallest absolute Gasteiger partial charge is 0.308 e. The Morgan fingerprint density at radius 1 is 1.31 bits per heavy atom. The average molecular weight is 225 g/mol. The fourth-order valence-corrected chi connectivity index (χ4v) is 2.56. The Kier molecular flexibility index (Phi) is 3.17. The topological polar surface area (TPSA) is 57.6 Å². The summed E-state index contributed by atoms with van der Waals surface area (Å²) in [5.41, 5.74) is 0. The summed E-state index contributed by atoms with van der Waals surface area (Å²) in [4.78, 5) is 24.6. The molecule has 0 aromatic heterocycles. The second-order valence-electron chi connectivity index (χ2n) is 5.22. The van der Waals surface area contributed by atoms with Crippen LogP contribution in [0.2, 0.25) is 0 Å². The molecule has 1 aliphatic heterocycles. The lowest BCUT2D eigenvalue weighted by Gasteiger charge is -2.27. The molecule has 1 saturated heterocycles. The Hall–Kier alpha value is -1.06. The highest BCUT2D eigenvalue weighted by molar-refractivity contribution is 5.79. The van der Waals surface area contributed by atoms with Crippen molar-refractivity contribution in [2.45, 2.75) is 32.6 Å². The van der Waals surface area contributed by atoms with E-state index in [1.54, 1.807) is 4.90 Å². The first kappa shape index (κ1) is 11.4. The lowest BCUT2D eigenvalue weighted by Crippen LogP contribution is -2.32. The summed E-state index contributed by atoms with van der Waals surface area (Å²) in [6.07, 6.45) is 4.19. The average Bonchev–Trinajstić information content (AvgIpc) is 2.53. The minimum absolute atomic E-state index is 0.0860. The maximum absolute atomic E-state index is 11.9. The third kappa shape index (κ3) is 2.20. The van der Waals surface area contributed by atoms with Gasteiger partial charge in [0.2, 0.25) is 5.91 Å². The van der Waals surface area contributed by atoms with Gasteiger partial charge in [-0.25, -0.2) is 0 Å². The number of hydrogen-bond donors (Lipinski definition) is 1. The van der Waals surface area contributed by atoms with Crippen molar-refractivity contribution in [3.8, 4) is 0 Å². The van der Waals surface area contributed by atoms with E-state index >= 15 is 0 Å². The number of amides is 1. The van der Waals surface area contributed by atoms with Crippen LogP contribution >= 0.6 is 0 Å². The molecule has 0 spiro atoms. The molecule has 0 bridgehead atoms. The van der Waals surface area contributed by atoms with Crippen molar-refractivity contribution >= 4 is 11.9 Å². The Morgan fingerprint density at radius 3 is 2.44 bits per heavy atom. The molecule has 2 aliphatic rings. The largest absolute Gasteiger partial charge is 0.481 e. The molecule has 0 aromatic carbocycles. The molecule has 4 nitrogen and oxygen atoms in total. The minimum atomic E-state index is -0.772. The van der Waals surface area contributed by atoms with Crippen LogP contribution in [0.4, 0.5) is 0 Å². The molecule has 2 atom stereocenters. The number of carboxylic acid groups (broad SMARTS) is 1. The molecular weight excluding hydrogens is 206 g/mol. The van der Waals surface area contributed by atoms with Crippen molar-refractivity contribution in [1.29, 1.82) is 0 Å². The molecular formula is C12H19NO3. The lowest BCUT2D eigenvalue weighted by molar-refractivity contribution is -0.142. The third-order valence-electron chi connectivity index (χ3n) is 3.97. The van der Waals surface area contributed by atoms with Gasteiger partial charge >= 0.3 is 5.97 Å². The van der Waals surface area contributed by atoms with Crippen LogP contribution in [-0.2, 0) is 9.59 Å². The van der Waals surface area contributed by atoms with Gasteiger partial charge in [0.05, 0.1) is 5.92 Å². The van der Waals surface area contributed by atoms with Gasteiger partial charge in [-0.15, -0.1) is 0 Å². The van der Waals surface area contributed by atoms with Gasteiger partial charge in [-0.2, -0.15) is 0 Å². The second-order valence-corrected chi connectivity index (χ2v) is 5.22. The zero-order chi connectivity index (χ0) is 11.7. The normalized spacial score (nSPS) is 30.2. The minimum Gasteiger partial charge on any atom is -0.481 e. The Balaban J connectivity index is 1.86. The van der Waals surface area contributed by atoms with E-state index < -0.39 is 5.97 Å². The van der Waals surface area contributed by atoms with E-state index in [0.29, 0.717) is 25.4 Å². The molecule has 0 aromatic rings. The highest BCUT2D eigenvalue weighted by Crippen LogP contribution is 2.31. The molecule has 1 aliphatic carbocycles.